The highest BCUT2D eigenvalue weighted by Gasteiger charge is 2.73. The summed E-state index contributed by atoms with van der Waals surface area (Å²) in [5.74, 6) is 1.35. The molecule has 3 aliphatic carbocycles. The van der Waals surface area contributed by atoms with Crippen molar-refractivity contribution in [1.82, 2.24) is 4.90 Å². The fourth-order valence-electron chi connectivity index (χ4n) is 6.70. The molecule has 0 radical (unpaired) electrons. The molecule has 1 aromatic rings. The second kappa shape index (κ2) is 4.63. The molecule has 5 heteroatoms. The van der Waals surface area contributed by atoms with Gasteiger partial charge in [0.25, 0.3) is 0 Å². The number of carbonyl (C=O) groups is 1. The largest absolute Gasteiger partial charge is 0.504 e. The van der Waals surface area contributed by atoms with E-state index < -0.39 is 17.1 Å². The number of phenols is 1. The number of carbonyl (C=O) groups excluding carboxylic acids is 1. The predicted octanol–water partition coefficient (Wildman–Crippen LogP) is 1.91. The number of Topliss-reactive ketones (excluding diaryl/α,β-unsaturated/α-hetero) is 1. The van der Waals surface area contributed by atoms with Gasteiger partial charge in [0.2, 0.25) is 0 Å². The van der Waals surface area contributed by atoms with Crippen LogP contribution in [-0.2, 0) is 16.6 Å². The van der Waals surface area contributed by atoms with Gasteiger partial charge in [-0.15, -0.1) is 0 Å². The fraction of sp³-hybridized carbons (Fsp3) is 0.667. The van der Waals surface area contributed by atoms with Crippen molar-refractivity contribution in [3.8, 4) is 11.5 Å². The zero-order chi connectivity index (χ0) is 17.8. The number of aliphatic hydroxyl groups is 1. The number of nitrogens with zero attached hydrogens (tertiary/aromatic N) is 1. The van der Waals surface area contributed by atoms with Crippen molar-refractivity contribution in [3.05, 3.63) is 23.3 Å². The molecule has 6 rings (SSSR count). The molecule has 1 aromatic carbocycles. The van der Waals surface area contributed by atoms with Gasteiger partial charge in [0.1, 0.15) is 0 Å². The molecule has 138 valence electrons. The Labute approximate surface area is 152 Å². The van der Waals surface area contributed by atoms with Gasteiger partial charge in [-0.1, -0.05) is 6.07 Å². The number of hydrogen-bond donors (Lipinski definition) is 2. The number of aromatic hydroxyl groups is 1. The Kier molecular flexibility index (Phi) is 2.75. The van der Waals surface area contributed by atoms with Crippen LogP contribution in [0, 0.1) is 5.92 Å². The molecule has 2 unspecified atom stereocenters. The summed E-state index contributed by atoms with van der Waals surface area (Å²) in [5, 5.41) is 22.5. The van der Waals surface area contributed by atoms with Gasteiger partial charge in [0.05, 0.1) is 11.0 Å². The number of likely N-dealkylation sites (tertiary alicyclic amines) is 1. The molecule has 5 atom stereocenters. The minimum Gasteiger partial charge on any atom is -0.504 e. The smallest absolute Gasteiger partial charge is 0.174 e. The van der Waals surface area contributed by atoms with Crippen molar-refractivity contribution < 1.29 is 19.7 Å². The zero-order valence-electron chi connectivity index (χ0n) is 15.1. The molecule has 2 bridgehead atoms. The zero-order valence-corrected chi connectivity index (χ0v) is 15.1. The number of phenolic OH excluding ortho intramolecular Hbond substituents is 1. The quantitative estimate of drug-likeness (QED) is 0.848. The molecule has 1 spiro atoms. The normalized spacial score (nSPS) is 41.5. The number of ketones is 1. The van der Waals surface area contributed by atoms with E-state index in [2.05, 4.69) is 11.8 Å². The van der Waals surface area contributed by atoms with E-state index in [4.69, 9.17) is 4.74 Å². The predicted molar refractivity (Wildman–Crippen MR) is 94.4 cm³/mol. The molecular formula is C21H25NO4. The Balaban J connectivity index is 1.58. The minimum absolute atomic E-state index is 0.0223. The second-order valence-electron chi connectivity index (χ2n) is 9.09. The van der Waals surface area contributed by atoms with Crippen molar-refractivity contribution in [3.63, 3.8) is 0 Å². The van der Waals surface area contributed by atoms with E-state index in [1.807, 2.05) is 6.07 Å². The molecule has 2 heterocycles. The van der Waals surface area contributed by atoms with E-state index in [1.165, 1.54) is 12.8 Å². The summed E-state index contributed by atoms with van der Waals surface area (Å²) >= 11 is 0. The summed E-state index contributed by atoms with van der Waals surface area (Å²) in [7, 11) is 0. The third-order valence-corrected chi connectivity index (χ3v) is 8.13. The molecule has 0 aromatic heterocycles. The van der Waals surface area contributed by atoms with Crippen LogP contribution in [0.3, 0.4) is 0 Å². The molecule has 3 fully saturated rings. The molecule has 2 saturated carbocycles. The van der Waals surface area contributed by atoms with Crippen molar-refractivity contribution in [2.75, 3.05) is 6.54 Å². The molecule has 5 nitrogen and oxygen atoms in total. The van der Waals surface area contributed by atoms with Crippen molar-refractivity contribution in [1.29, 1.82) is 0 Å². The molecule has 2 aliphatic heterocycles. The van der Waals surface area contributed by atoms with E-state index in [0.29, 0.717) is 24.6 Å². The van der Waals surface area contributed by atoms with E-state index in [9.17, 15) is 15.0 Å². The Morgan fingerprint density at radius 3 is 2.88 bits per heavy atom. The van der Waals surface area contributed by atoms with Crippen LogP contribution in [0.4, 0.5) is 0 Å². The molecular weight excluding hydrogens is 330 g/mol. The highest BCUT2D eigenvalue weighted by Crippen LogP contribution is 2.65. The molecule has 2 N–H and O–H groups in total. The van der Waals surface area contributed by atoms with Crippen LogP contribution in [0.5, 0.6) is 11.5 Å². The lowest BCUT2D eigenvalue weighted by atomic mass is 9.49. The van der Waals surface area contributed by atoms with E-state index in [-0.39, 0.29) is 17.6 Å². The first-order valence-electron chi connectivity index (χ1n) is 10.0. The van der Waals surface area contributed by atoms with Gasteiger partial charge in [-0.25, -0.2) is 0 Å². The van der Waals surface area contributed by atoms with E-state index in [0.717, 1.165) is 36.4 Å². The number of piperidine rings is 1. The molecule has 0 amide bonds. The summed E-state index contributed by atoms with van der Waals surface area (Å²) in [6.45, 7) is 3.18. The van der Waals surface area contributed by atoms with Gasteiger partial charge in [-0.05, 0) is 63.1 Å². The third kappa shape index (κ3) is 1.55. The summed E-state index contributed by atoms with van der Waals surface area (Å²) in [6, 6.07) is 4.15. The van der Waals surface area contributed by atoms with Gasteiger partial charge in [0, 0.05) is 24.1 Å². The SMILES string of the molecule is CC(C1CC1)N1CC[C@]23c4c5ccc(O)c4OC2C(=O)CC[C@@]3(O)[C@H]1C5. The van der Waals surface area contributed by atoms with Gasteiger partial charge < -0.3 is 14.9 Å². The number of benzene rings is 1. The van der Waals surface area contributed by atoms with Crippen LogP contribution >= 0.6 is 0 Å². The first-order valence-corrected chi connectivity index (χ1v) is 10.0. The third-order valence-electron chi connectivity index (χ3n) is 8.13. The summed E-state index contributed by atoms with van der Waals surface area (Å²) in [4.78, 5) is 15.3. The highest BCUT2D eigenvalue weighted by molar-refractivity contribution is 5.90. The monoisotopic (exact) mass is 355 g/mol. The lowest BCUT2D eigenvalue weighted by Gasteiger charge is -2.63. The van der Waals surface area contributed by atoms with Crippen LogP contribution in [0.1, 0.15) is 50.2 Å². The topological polar surface area (TPSA) is 70.0 Å². The maximum absolute atomic E-state index is 12.8. The van der Waals surface area contributed by atoms with Crippen LogP contribution in [0.2, 0.25) is 0 Å². The van der Waals surface area contributed by atoms with Crippen LogP contribution in [-0.4, -0.2) is 51.2 Å². The lowest BCUT2D eigenvalue weighted by molar-refractivity contribution is -0.194. The number of ether oxygens (including phenoxy) is 1. The Morgan fingerprint density at radius 1 is 1.31 bits per heavy atom. The average molecular weight is 355 g/mol. The van der Waals surface area contributed by atoms with Crippen molar-refractivity contribution >= 4 is 5.78 Å². The summed E-state index contributed by atoms with van der Waals surface area (Å²) in [6.07, 6.45) is 4.26. The first-order chi connectivity index (χ1) is 12.5. The lowest BCUT2D eigenvalue weighted by Crippen LogP contribution is -2.77. The second-order valence-corrected chi connectivity index (χ2v) is 9.09. The van der Waals surface area contributed by atoms with Crippen LogP contribution in [0.15, 0.2) is 12.1 Å². The highest BCUT2D eigenvalue weighted by atomic mass is 16.5. The van der Waals surface area contributed by atoms with E-state index >= 15 is 0 Å². The van der Waals surface area contributed by atoms with Gasteiger partial charge in [-0.2, -0.15) is 0 Å². The Hall–Kier alpha value is -1.59. The van der Waals surface area contributed by atoms with Gasteiger partial charge in [0.15, 0.2) is 23.4 Å². The molecule has 5 aliphatic rings. The molecule has 1 saturated heterocycles. The Bertz CT molecular complexity index is 834. The van der Waals surface area contributed by atoms with Gasteiger partial charge in [-0.3, -0.25) is 9.69 Å². The molecule has 26 heavy (non-hydrogen) atoms. The minimum atomic E-state index is -0.959. The van der Waals surface area contributed by atoms with Crippen LogP contribution < -0.4 is 4.74 Å². The van der Waals surface area contributed by atoms with Crippen LogP contribution in [0.25, 0.3) is 0 Å². The van der Waals surface area contributed by atoms with Crippen molar-refractivity contribution in [2.24, 2.45) is 5.92 Å². The number of hydrogen-bond acceptors (Lipinski definition) is 5. The summed E-state index contributed by atoms with van der Waals surface area (Å²) in [5.41, 5.74) is 0.415. The average Bonchev–Trinajstić information content (AvgIpc) is 3.39. The standard InChI is InChI=1S/C21H25NO4/c1-11(12-2-3-12)22-9-8-20-17-13-4-5-14(23)18(17)26-19(20)15(24)6-7-21(20,25)16(22)10-13/h4-5,11-12,16,19,23,25H,2-3,6-10H2,1H3/t11?,16-,19?,20+,21-/m1/s1. The maximum Gasteiger partial charge on any atom is 0.174 e. The first kappa shape index (κ1) is 15.5. The Morgan fingerprint density at radius 2 is 2.12 bits per heavy atom. The number of rotatable bonds is 2. The van der Waals surface area contributed by atoms with Gasteiger partial charge >= 0.3 is 0 Å². The maximum atomic E-state index is 12.8. The van der Waals surface area contributed by atoms with Crippen molar-refractivity contribution in [2.45, 2.75) is 74.7 Å². The fourth-order valence-corrected chi connectivity index (χ4v) is 6.70. The van der Waals surface area contributed by atoms with E-state index in [1.54, 1.807) is 6.07 Å². The summed E-state index contributed by atoms with van der Waals surface area (Å²) < 4.78 is 6.06.